The number of imidazole rings is 1. The number of rotatable bonds is 4. The number of phenols is 1. The van der Waals surface area contributed by atoms with Crippen LogP contribution in [0.15, 0.2) is 42.9 Å². The first-order chi connectivity index (χ1) is 13.6. The van der Waals surface area contributed by atoms with E-state index in [1.54, 1.807) is 12.4 Å². The molecule has 2 N–H and O–H groups in total. The van der Waals surface area contributed by atoms with Gasteiger partial charge in [0.25, 0.3) is 0 Å². The minimum Gasteiger partial charge on any atom is -0.507 e. The zero-order chi connectivity index (χ0) is 19.1. The first kappa shape index (κ1) is 17.2. The minimum atomic E-state index is 0.154. The van der Waals surface area contributed by atoms with E-state index in [0.717, 1.165) is 24.2 Å². The highest BCUT2D eigenvalue weighted by molar-refractivity contribution is 5.68. The number of aryl methyl sites for hydroxylation is 1. The highest BCUT2D eigenvalue weighted by atomic mass is 16.5. The minimum absolute atomic E-state index is 0.154. The summed E-state index contributed by atoms with van der Waals surface area (Å²) in [4.78, 5) is 4.22. The molecule has 28 heavy (non-hydrogen) atoms. The fourth-order valence-corrected chi connectivity index (χ4v) is 4.26. The molecule has 3 atom stereocenters. The van der Waals surface area contributed by atoms with Gasteiger partial charge in [0.1, 0.15) is 11.9 Å². The number of nitrogens with zero attached hydrogens (tertiary/aromatic N) is 4. The molecule has 1 aromatic carbocycles. The summed E-state index contributed by atoms with van der Waals surface area (Å²) < 4.78 is 7.92. The van der Waals surface area contributed by atoms with Gasteiger partial charge in [-0.2, -0.15) is 0 Å². The Kier molecular flexibility index (Phi) is 4.24. The number of aromatic hydroxyl groups is 1. The summed E-state index contributed by atoms with van der Waals surface area (Å²) in [5.41, 5.74) is 3.02. The number of fused-ring (bicyclic) bond motifs is 2. The fourth-order valence-electron chi connectivity index (χ4n) is 4.26. The lowest BCUT2D eigenvalue weighted by molar-refractivity contribution is 0.130. The Morgan fingerprint density at radius 1 is 1.11 bits per heavy atom. The molecule has 2 aliphatic rings. The van der Waals surface area contributed by atoms with E-state index in [-0.39, 0.29) is 11.9 Å². The Morgan fingerprint density at radius 2 is 1.93 bits per heavy atom. The predicted molar refractivity (Wildman–Crippen MR) is 105 cm³/mol. The van der Waals surface area contributed by atoms with Gasteiger partial charge in [0.15, 0.2) is 0 Å². The van der Waals surface area contributed by atoms with E-state index >= 15 is 0 Å². The van der Waals surface area contributed by atoms with Gasteiger partial charge >= 0.3 is 0 Å². The van der Waals surface area contributed by atoms with Crippen molar-refractivity contribution in [3.8, 4) is 28.6 Å². The zero-order valence-corrected chi connectivity index (χ0v) is 15.7. The van der Waals surface area contributed by atoms with Gasteiger partial charge in [0.2, 0.25) is 5.88 Å². The Hall–Kier alpha value is -2.93. The molecule has 2 saturated heterocycles. The van der Waals surface area contributed by atoms with Crippen LogP contribution in [0.2, 0.25) is 0 Å². The third-order valence-electron chi connectivity index (χ3n) is 5.62. The molecule has 3 aromatic rings. The van der Waals surface area contributed by atoms with Crippen LogP contribution in [0, 0.1) is 6.92 Å². The maximum Gasteiger partial charge on any atom is 0.233 e. The lowest BCUT2D eigenvalue weighted by atomic mass is 10.0. The maximum absolute atomic E-state index is 10.5. The van der Waals surface area contributed by atoms with Crippen molar-refractivity contribution < 1.29 is 9.84 Å². The summed E-state index contributed by atoms with van der Waals surface area (Å²) in [6, 6.07) is 10.3. The molecule has 2 aliphatic heterocycles. The second kappa shape index (κ2) is 6.91. The van der Waals surface area contributed by atoms with Crippen LogP contribution in [0.3, 0.4) is 0 Å². The van der Waals surface area contributed by atoms with E-state index in [4.69, 9.17) is 4.74 Å². The number of piperidine rings is 1. The SMILES string of the molecule is Cc1cn(-c2ccc(-c3ccc(OC4C[C@H]5CC[C@@H](C4)N5)nn3)c(O)c2)cn1. The maximum atomic E-state index is 10.5. The molecular weight excluding hydrogens is 354 g/mol. The Labute approximate surface area is 163 Å². The standard InChI is InChI=1S/C21H23N5O2/c1-13-11-26(12-22-13)16-4-5-18(20(27)10-16)19-6-7-21(25-24-19)28-17-8-14-2-3-15(9-17)23-14/h4-7,10-12,14-15,17,23,27H,2-3,8-9H2,1H3/t14-,15+,17?. The Bertz CT molecular complexity index is 973. The molecule has 1 unspecified atom stereocenters. The van der Waals surface area contributed by atoms with Gasteiger partial charge in [-0.15, -0.1) is 10.2 Å². The second-order valence-corrected chi connectivity index (χ2v) is 7.73. The lowest BCUT2D eigenvalue weighted by Crippen LogP contribution is -2.42. The van der Waals surface area contributed by atoms with Crippen molar-refractivity contribution in [3.05, 3.63) is 48.5 Å². The first-order valence-electron chi connectivity index (χ1n) is 9.75. The average Bonchev–Trinajstić information content (AvgIpc) is 3.27. The van der Waals surface area contributed by atoms with Gasteiger partial charge in [0, 0.05) is 36.0 Å². The largest absolute Gasteiger partial charge is 0.507 e. The van der Waals surface area contributed by atoms with Gasteiger partial charge in [0.05, 0.1) is 23.4 Å². The lowest BCUT2D eigenvalue weighted by Gasteiger charge is -2.28. The third-order valence-corrected chi connectivity index (χ3v) is 5.62. The fraction of sp³-hybridized carbons (Fsp3) is 0.381. The number of hydrogen-bond acceptors (Lipinski definition) is 6. The average molecular weight is 377 g/mol. The van der Waals surface area contributed by atoms with E-state index in [2.05, 4.69) is 20.5 Å². The van der Waals surface area contributed by atoms with Crippen LogP contribution in [0.1, 0.15) is 31.4 Å². The number of hydrogen-bond donors (Lipinski definition) is 2. The number of phenolic OH excluding ortho intramolecular Hbond substituents is 1. The summed E-state index contributed by atoms with van der Waals surface area (Å²) in [6.07, 6.45) is 8.36. The van der Waals surface area contributed by atoms with Crippen LogP contribution in [-0.2, 0) is 0 Å². The molecule has 2 fully saturated rings. The van der Waals surface area contributed by atoms with Crippen LogP contribution in [0.25, 0.3) is 16.9 Å². The van der Waals surface area contributed by atoms with Gasteiger partial charge in [-0.05, 0) is 50.8 Å². The van der Waals surface area contributed by atoms with Crippen molar-refractivity contribution in [2.24, 2.45) is 0 Å². The molecule has 0 radical (unpaired) electrons. The van der Waals surface area contributed by atoms with Gasteiger partial charge in [-0.25, -0.2) is 4.98 Å². The van der Waals surface area contributed by atoms with Crippen molar-refractivity contribution in [1.82, 2.24) is 25.1 Å². The normalized spacial score (nSPS) is 23.7. The molecule has 0 spiro atoms. The van der Waals surface area contributed by atoms with Crippen LogP contribution >= 0.6 is 0 Å². The molecule has 2 bridgehead atoms. The molecule has 2 aromatic heterocycles. The molecule has 0 amide bonds. The van der Waals surface area contributed by atoms with Crippen molar-refractivity contribution in [2.45, 2.75) is 50.8 Å². The van der Waals surface area contributed by atoms with Gasteiger partial charge in [-0.1, -0.05) is 0 Å². The van der Waals surface area contributed by atoms with Crippen LogP contribution in [0.5, 0.6) is 11.6 Å². The van der Waals surface area contributed by atoms with Crippen molar-refractivity contribution >= 4 is 0 Å². The van der Waals surface area contributed by atoms with Crippen molar-refractivity contribution in [2.75, 3.05) is 0 Å². The molecule has 0 aliphatic carbocycles. The molecule has 7 nitrogen and oxygen atoms in total. The quantitative estimate of drug-likeness (QED) is 0.727. The number of benzene rings is 1. The Morgan fingerprint density at radius 3 is 2.57 bits per heavy atom. The van der Waals surface area contributed by atoms with Crippen LogP contribution < -0.4 is 10.1 Å². The van der Waals surface area contributed by atoms with E-state index in [1.165, 1.54) is 12.8 Å². The monoisotopic (exact) mass is 377 g/mol. The van der Waals surface area contributed by atoms with E-state index < -0.39 is 0 Å². The number of ether oxygens (including phenoxy) is 1. The third kappa shape index (κ3) is 3.33. The van der Waals surface area contributed by atoms with E-state index in [1.807, 2.05) is 42.0 Å². The number of nitrogens with one attached hydrogen (secondary N) is 1. The molecule has 5 rings (SSSR count). The molecule has 0 saturated carbocycles. The summed E-state index contributed by atoms with van der Waals surface area (Å²) in [7, 11) is 0. The predicted octanol–water partition coefficient (Wildman–Crippen LogP) is 3.01. The van der Waals surface area contributed by atoms with Gasteiger partial charge < -0.3 is 19.7 Å². The van der Waals surface area contributed by atoms with Crippen molar-refractivity contribution in [1.29, 1.82) is 0 Å². The highest BCUT2D eigenvalue weighted by Gasteiger charge is 2.34. The van der Waals surface area contributed by atoms with Crippen LogP contribution in [0.4, 0.5) is 0 Å². The molecule has 4 heterocycles. The zero-order valence-electron chi connectivity index (χ0n) is 15.7. The number of aromatic nitrogens is 4. The second-order valence-electron chi connectivity index (χ2n) is 7.73. The van der Waals surface area contributed by atoms with E-state index in [9.17, 15) is 5.11 Å². The molecular formula is C21H23N5O2. The van der Waals surface area contributed by atoms with E-state index in [0.29, 0.717) is 29.2 Å². The van der Waals surface area contributed by atoms with Crippen molar-refractivity contribution in [3.63, 3.8) is 0 Å². The summed E-state index contributed by atoms with van der Waals surface area (Å²) in [5.74, 6) is 0.696. The molecule has 7 heteroatoms. The smallest absolute Gasteiger partial charge is 0.233 e. The van der Waals surface area contributed by atoms with Crippen LogP contribution in [-0.4, -0.2) is 43.0 Å². The topological polar surface area (TPSA) is 85.1 Å². The summed E-state index contributed by atoms with van der Waals surface area (Å²) in [5, 5.41) is 22.6. The first-order valence-corrected chi connectivity index (χ1v) is 9.75. The Balaban J connectivity index is 1.31. The highest BCUT2D eigenvalue weighted by Crippen LogP contribution is 2.31. The van der Waals surface area contributed by atoms with Gasteiger partial charge in [-0.3, -0.25) is 0 Å². The molecule has 144 valence electrons. The summed E-state index contributed by atoms with van der Waals surface area (Å²) >= 11 is 0. The summed E-state index contributed by atoms with van der Waals surface area (Å²) in [6.45, 7) is 1.93.